The number of urea groups is 1. The van der Waals surface area contributed by atoms with Crippen molar-refractivity contribution < 1.29 is 9.18 Å². The van der Waals surface area contributed by atoms with Crippen LogP contribution in [0.2, 0.25) is 0 Å². The molecule has 0 radical (unpaired) electrons. The minimum atomic E-state index is -0.178. The number of carbonyl (C=O) groups is 1. The van der Waals surface area contributed by atoms with E-state index >= 15 is 0 Å². The summed E-state index contributed by atoms with van der Waals surface area (Å²) in [6.45, 7) is 1.60. The summed E-state index contributed by atoms with van der Waals surface area (Å²) < 4.78 is 13.2. The molecule has 2 aromatic rings. The Balaban J connectivity index is 1.31. The largest absolute Gasteiger partial charge is 0.320 e. The number of nitrogens with zero attached hydrogens (tertiary/aromatic N) is 2. The summed E-state index contributed by atoms with van der Waals surface area (Å²) in [5.41, 5.74) is 2.54. The molecule has 2 amide bonds. The van der Waals surface area contributed by atoms with Gasteiger partial charge < -0.3 is 9.80 Å². The maximum atomic E-state index is 13.2. The first-order chi connectivity index (χ1) is 12.7. The second kappa shape index (κ2) is 6.38. The van der Waals surface area contributed by atoms with Gasteiger partial charge in [-0.05, 0) is 72.7 Å². The van der Waals surface area contributed by atoms with Gasteiger partial charge in [0.15, 0.2) is 0 Å². The third-order valence-corrected chi connectivity index (χ3v) is 7.40. The second-order valence-electron chi connectivity index (χ2n) is 7.84. The Bertz CT molecular complexity index is 804. The summed E-state index contributed by atoms with van der Waals surface area (Å²) in [6, 6.07) is 10.0. The molecular weight excluding hydrogens is 347 g/mol. The van der Waals surface area contributed by atoms with Crippen molar-refractivity contribution in [3.8, 4) is 0 Å². The van der Waals surface area contributed by atoms with Crippen molar-refractivity contribution in [2.24, 2.45) is 0 Å². The first-order valence-electron chi connectivity index (χ1n) is 9.57. The number of thiophene rings is 1. The van der Waals surface area contributed by atoms with Crippen molar-refractivity contribution in [2.45, 2.75) is 56.7 Å². The monoisotopic (exact) mass is 370 g/mol. The van der Waals surface area contributed by atoms with Gasteiger partial charge in [-0.1, -0.05) is 12.1 Å². The molecule has 2 saturated heterocycles. The fourth-order valence-corrected chi connectivity index (χ4v) is 5.96. The van der Waals surface area contributed by atoms with Crippen LogP contribution in [0.4, 0.5) is 9.18 Å². The highest BCUT2D eigenvalue weighted by molar-refractivity contribution is 7.10. The summed E-state index contributed by atoms with van der Waals surface area (Å²) in [4.78, 5) is 18.9. The first-order valence-corrected chi connectivity index (χ1v) is 10.4. The summed E-state index contributed by atoms with van der Waals surface area (Å²) in [5.74, 6) is 0.268. The van der Waals surface area contributed by atoms with Crippen molar-refractivity contribution in [2.75, 3.05) is 6.54 Å². The molecule has 3 atom stereocenters. The van der Waals surface area contributed by atoms with Crippen molar-refractivity contribution >= 4 is 17.4 Å². The van der Waals surface area contributed by atoms with Gasteiger partial charge in [0.05, 0.1) is 0 Å². The van der Waals surface area contributed by atoms with Gasteiger partial charge in [-0.3, -0.25) is 0 Å². The fourth-order valence-electron chi connectivity index (χ4n) is 5.07. The average molecular weight is 370 g/mol. The SMILES string of the molecule is O=C(N1CCc2sccc2C1)N1[C@@H]2CC[C@H]1CC(c1ccc(F)cc1)C2. The van der Waals surface area contributed by atoms with E-state index in [-0.39, 0.29) is 11.8 Å². The molecule has 0 N–H and O–H groups in total. The van der Waals surface area contributed by atoms with E-state index in [1.165, 1.54) is 16.0 Å². The Morgan fingerprint density at radius 3 is 2.54 bits per heavy atom. The van der Waals surface area contributed by atoms with E-state index in [4.69, 9.17) is 0 Å². The van der Waals surface area contributed by atoms with Crippen LogP contribution in [-0.2, 0) is 13.0 Å². The molecule has 1 unspecified atom stereocenters. The number of amides is 2. The van der Waals surface area contributed by atoms with Crippen LogP contribution >= 0.6 is 11.3 Å². The molecule has 5 heteroatoms. The van der Waals surface area contributed by atoms with Crippen molar-refractivity contribution in [3.63, 3.8) is 0 Å². The zero-order valence-corrected chi connectivity index (χ0v) is 15.6. The molecule has 0 aliphatic carbocycles. The number of rotatable bonds is 1. The average Bonchev–Trinajstić information content (AvgIpc) is 3.23. The molecule has 26 heavy (non-hydrogen) atoms. The molecule has 2 bridgehead atoms. The summed E-state index contributed by atoms with van der Waals surface area (Å²) in [5, 5.41) is 2.14. The highest BCUT2D eigenvalue weighted by Gasteiger charge is 2.45. The van der Waals surface area contributed by atoms with Gasteiger partial charge in [-0.2, -0.15) is 0 Å². The highest BCUT2D eigenvalue weighted by Crippen LogP contribution is 2.43. The molecule has 136 valence electrons. The molecule has 3 aliphatic rings. The van der Waals surface area contributed by atoms with Gasteiger partial charge in [-0.15, -0.1) is 11.3 Å². The molecule has 5 rings (SSSR count). The third kappa shape index (κ3) is 2.73. The summed E-state index contributed by atoms with van der Waals surface area (Å²) >= 11 is 1.81. The van der Waals surface area contributed by atoms with E-state index in [9.17, 15) is 9.18 Å². The van der Waals surface area contributed by atoms with Gasteiger partial charge >= 0.3 is 6.03 Å². The van der Waals surface area contributed by atoms with Crippen LogP contribution in [0.1, 0.15) is 47.6 Å². The fraction of sp³-hybridized carbons (Fsp3) is 0.476. The molecule has 3 nitrogen and oxygen atoms in total. The topological polar surface area (TPSA) is 23.6 Å². The molecular formula is C21H23FN2OS. The molecule has 3 aliphatic heterocycles. The molecule has 0 saturated carbocycles. The number of carbonyl (C=O) groups excluding carboxylic acids is 1. The van der Waals surface area contributed by atoms with Gasteiger partial charge in [0.2, 0.25) is 0 Å². The lowest BCUT2D eigenvalue weighted by Crippen LogP contribution is -2.52. The maximum absolute atomic E-state index is 13.2. The van der Waals surface area contributed by atoms with Crippen LogP contribution in [-0.4, -0.2) is 34.5 Å². The number of hydrogen-bond acceptors (Lipinski definition) is 2. The Labute approximate surface area is 157 Å². The van der Waals surface area contributed by atoms with E-state index in [1.54, 1.807) is 12.1 Å². The predicted octanol–water partition coefficient (Wildman–Crippen LogP) is 4.78. The van der Waals surface area contributed by atoms with Gasteiger partial charge in [0.1, 0.15) is 5.82 Å². The third-order valence-electron chi connectivity index (χ3n) is 6.37. The number of halogens is 1. The first kappa shape index (κ1) is 16.3. The standard InChI is InChI=1S/C21H23FN2OS/c22-17-3-1-14(2-4-17)16-11-18-5-6-19(12-16)24(18)21(25)23-9-7-20-15(13-23)8-10-26-20/h1-4,8,10,16,18-19H,5-7,9,11-13H2/t16?,18-,19+. The summed E-state index contributed by atoms with van der Waals surface area (Å²) in [6.07, 6.45) is 5.20. The zero-order valence-electron chi connectivity index (χ0n) is 14.7. The summed E-state index contributed by atoms with van der Waals surface area (Å²) in [7, 11) is 0. The molecule has 1 aromatic heterocycles. The van der Waals surface area contributed by atoms with Crippen LogP contribution in [0.25, 0.3) is 0 Å². The van der Waals surface area contributed by atoms with Crippen molar-refractivity contribution in [1.29, 1.82) is 0 Å². The van der Waals surface area contributed by atoms with Crippen molar-refractivity contribution in [1.82, 2.24) is 9.80 Å². The van der Waals surface area contributed by atoms with E-state index in [0.29, 0.717) is 18.0 Å². The molecule has 4 heterocycles. The van der Waals surface area contributed by atoms with Crippen molar-refractivity contribution in [3.05, 3.63) is 57.5 Å². The zero-order chi connectivity index (χ0) is 17.7. The van der Waals surface area contributed by atoms with Gasteiger partial charge in [0.25, 0.3) is 0 Å². The normalized spacial score (nSPS) is 27.5. The van der Waals surface area contributed by atoms with E-state index < -0.39 is 0 Å². The van der Waals surface area contributed by atoms with Crippen LogP contribution in [0.5, 0.6) is 0 Å². The molecule has 2 fully saturated rings. The van der Waals surface area contributed by atoms with Crippen LogP contribution in [0.15, 0.2) is 35.7 Å². The van der Waals surface area contributed by atoms with Gasteiger partial charge in [-0.25, -0.2) is 9.18 Å². The maximum Gasteiger partial charge on any atom is 0.320 e. The lowest BCUT2D eigenvalue weighted by atomic mass is 9.85. The quantitative estimate of drug-likeness (QED) is 0.709. The Hall–Kier alpha value is -1.88. The van der Waals surface area contributed by atoms with E-state index in [1.807, 2.05) is 28.4 Å². The van der Waals surface area contributed by atoms with Crippen LogP contribution in [0, 0.1) is 5.82 Å². The van der Waals surface area contributed by atoms with Crippen LogP contribution < -0.4 is 0 Å². The Morgan fingerprint density at radius 2 is 1.81 bits per heavy atom. The Kier molecular flexibility index (Phi) is 4.00. The molecule has 0 spiro atoms. The van der Waals surface area contributed by atoms with Gasteiger partial charge in [0, 0.05) is 30.1 Å². The number of benzene rings is 1. The predicted molar refractivity (Wildman–Crippen MR) is 101 cm³/mol. The van der Waals surface area contributed by atoms with E-state index in [0.717, 1.165) is 45.2 Å². The lowest BCUT2D eigenvalue weighted by Gasteiger charge is -2.42. The number of fused-ring (bicyclic) bond motifs is 3. The lowest BCUT2D eigenvalue weighted by molar-refractivity contribution is 0.101. The Morgan fingerprint density at radius 1 is 1.08 bits per heavy atom. The highest BCUT2D eigenvalue weighted by atomic mass is 32.1. The minimum absolute atomic E-state index is 0.178. The smallest absolute Gasteiger partial charge is 0.320 e. The van der Waals surface area contributed by atoms with E-state index in [2.05, 4.69) is 16.3 Å². The number of hydrogen-bond donors (Lipinski definition) is 0. The minimum Gasteiger partial charge on any atom is -0.320 e. The molecule has 1 aromatic carbocycles. The second-order valence-corrected chi connectivity index (χ2v) is 8.84. The van der Waals surface area contributed by atoms with Crippen LogP contribution in [0.3, 0.4) is 0 Å². The number of piperidine rings is 1.